The first-order valence-corrected chi connectivity index (χ1v) is 9.98. The largest absolute Gasteiger partial charge is 0.392 e. The highest BCUT2D eigenvalue weighted by atomic mass is 35.5. The standard InChI is InChI=1S/C20H24ClN3O4/c1-5-8(2)24-17(26)13-14(18(24)27)20(23-16(13)10(4)25)11-6-7-12(21)9(3)15(11)22-19(20)28/h6-8,10,13-14,16,23,25H,5H2,1-4H3,(H,22,28)/t8-,10+,13-,14-,16-,20+/m0/s1. The van der Waals surface area contributed by atoms with Crippen molar-refractivity contribution in [1.82, 2.24) is 10.2 Å². The molecule has 0 unspecified atom stereocenters. The van der Waals surface area contributed by atoms with Crippen LogP contribution >= 0.6 is 11.6 Å². The minimum atomic E-state index is -1.40. The molecule has 3 aliphatic rings. The van der Waals surface area contributed by atoms with Gasteiger partial charge < -0.3 is 10.4 Å². The third kappa shape index (κ3) is 2.21. The van der Waals surface area contributed by atoms with E-state index in [2.05, 4.69) is 10.6 Å². The van der Waals surface area contributed by atoms with Crippen molar-refractivity contribution in [2.75, 3.05) is 5.32 Å². The molecule has 1 spiro atoms. The third-order valence-corrected chi connectivity index (χ3v) is 7.01. The first-order chi connectivity index (χ1) is 13.2. The van der Waals surface area contributed by atoms with E-state index in [4.69, 9.17) is 11.6 Å². The zero-order valence-electron chi connectivity index (χ0n) is 16.2. The number of carbonyl (C=O) groups excluding carboxylic acids is 3. The average molecular weight is 406 g/mol. The van der Waals surface area contributed by atoms with E-state index in [-0.39, 0.29) is 17.9 Å². The van der Waals surface area contributed by atoms with Gasteiger partial charge in [-0.3, -0.25) is 24.6 Å². The van der Waals surface area contributed by atoms with Crippen molar-refractivity contribution < 1.29 is 19.5 Å². The fourth-order valence-corrected chi connectivity index (χ4v) is 5.13. The van der Waals surface area contributed by atoms with Crippen LogP contribution < -0.4 is 10.6 Å². The van der Waals surface area contributed by atoms with E-state index in [1.165, 1.54) is 4.90 Å². The van der Waals surface area contributed by atoms with Crippen molar-refractivity contribution in [2.24, 2.45) is 11.8 Å². The van der Waals surface area contributed by atoms with Gasteiger partial charge in [0.05, 0.1) is 23.6 Å². The van der Waals surface area contributed by atoms with Crippen molar-refractivity contribution in [3.63, 3.8) is 0 Å². The number of aliphatic hydroxyl groups excluding tert-OH is 1. The van der Waals surface area contributed by atoms with Crippen LogP contribution in [-0.2, 0) is 19.9 Å². The number of halogens is 1. The normalized spacial score (nSPS) is 33.3. The molecule has 6 atom stereocenters. The number of benzene rings is 1. The maximum Gasteiger partial charge on any atom is 0.250 e. The van der Waals surface area contributed by atoms with Crippen LogP contribution in [0.4, 0.5) is 5.69 Å². The number of aliphatic hydroxyl groups is 1. The molecule has 3 amide bonds. The van der Waals surface area contributed by atoms with Gasteiger partial charge in [0.15, 0.2) is 0 Å². The molecule has 0 aromatic heterocycles. The lowest BCUT2D eigenvalue weighted by Crippen LogP contribution is -2.55. The molecule has 2 fully saturated rings. The van der Waals surface area contributed by atoms with Crippen molar-refractivity contribution in [2.45, 2.75) is 57.8 Å². The Balaban J connectivity index is 1.93. The van der Waals surface area contributed by atoms with Crippen LogP contribution in [0.2, 0.25) is 5.02 Å². The number of fused-ring (bicyclic) bond motifs is 4. The second-order valence-corrected chi connectivity index (χ2v) is 8.48. The maximum absolute atomic E-state index is 13.4. The van der Waals surface area contributed by atoms with Gasteiger partial charge >= 0.3 is 0 Å². The fourth-order valence-electron chi connectivity index (χ4n) is 4.97. The third-order valence-electron chi connectivity index (χ3n) is 6.60. The Morgan fingerprint density at radius 2 is 1.93 bits per heavy atom. The highest BCUT2D eigenvalue weighted by molar-refractivity contribution is 6.32. The van der Waals surface area contributed by atoms with Gasteiger partial charge in [-0.1, -0.05) is 24.6 Å². The Labute approximate surface area is 168 Å². The van der Waals surface area contributed by atoms with E-state index < -0.39 is 35.4 Å². The van der Waals surface area contributed by atoms with Crippen LogP contribution in [0.15, 0.2) is 12.1 Å². The molecule has 28 heavy (non-hydrogen) atoms. The summed E-state index contributed by atoms with van der Waals surface area (Å²) >= 11 is 6.22. The molecule has 1 aromatic rings. The number of likely N-dealkylation sites (tertiary alicyclic amines) is 1. The second-order valence-electron chi connectivity index (χ2n) is 8.08. The quantitative estimate of drug-likeness (QED) is 0.663. The molecule has 8 heteroatoms. The Bertz CT molecular complexity index is 902. The number of anilines is 1. The van der Waals surface area contributed by atoms with E-state index in [9.17, 15) is 19.5 Å². The summed E-state index contributed by atoms with van der Waals surface area (Å²) in [6, 6.07) is 2.44. The Morgan fingerprint density at radius 3 is 2.54 bits per heavy atom. The van der Waals surface area contributed by atoms with Crippen LogP contribution in [0.25, 0.3) is 0 Å². The molecular formula is C20H24ClN3O4. The van der Waals surface area contributed by atoms with Gasteiger partial charge in [0, 0.05) is 22.7 Å². The Hall–Kier alpha value is -1.96. The van der Waals surface area contributed by atoms with E-state index in [0.29, 0.717) is 28.3 Å². The molecule has 0 radical (unpaired) electrons. The number of amides is 3. The summed E-state index contributed by atoms with van der Waals surface area (Å²) in [5.41, 5.74) is 0.479. The first kappa shape index (κ1) is 19.4. The lowest BCUT2D eigenvalue weighted by Gasteiger charge is -2.31. The van der Waals surface area contributed by atoms with Gasteiger partial charge in [0.25, 0.3) is 0 Å². The molecule has 0 bridgehead atoms. The summed E-state index contributed by atoms with van der Waals surface area (Å²) < 4.78 is 0. The number of imide groups is 1. The van der Waals surface area contributed by atoms with Gasteiger partial charge in [-0.05, 0) is 38.8 Å². The van der Waals surface area contributed by atoms with Crippen molar-refractivity contribution in [3.8, 4) is 0 Å². The summed E-state index contributed by atoms with van der Waals surface area (Å²) in [4.78, 5) is 41.1. The van der Waals surface area contributed by atoms with E-state index >= 15 is 0 Å². The Kier molecular flexibility index (Phi) is 4.34. The minimum Gasteiger partial charge on any atom is -0.392 e. The van der Waals surface area contributed by atoms with Crippen molar-refractivity contribution in [3.05, 3.63) is 28.3 Å². The van der Waals surface area contributed by atoms with E-state index in [0.717, 1.165) is 0 Å². The summed E-state index contributed by atoms with van der Waals surface area (Å²) in [5, 5.41) is 16.9. The molecule has 0 aliphatic carbocycles. The molecule has 3 N–H and O–H groups in total. The lowest BCUT2D eigenvalue weighted by atomic mass is 9.76. The molecule has 2 saturated heterocycles. The first-order valence-electron chi connectivity index (χ1n) is 9.60. The predicted molar refractivity (Wildman–Crippen MR) is 104 cm³/mol. The molecule has 3 heterocycles. The molecule has 4 rings (SSSR count). The number of hydrogen-bond acceptors (Lipinski definition) is 5. The van der Waals surface area contributed by atoms with Gasteiger partial charge in [-0.2, -0.15) is 0 Å². The highest BCUT2D eigenvalue weighted by Gasteiger charge is 2.71. The topological polar surface area (TPSA) is 98.7 Å². The van der Waals surface area contributed by atoms with E-state index in [1.807, 2.05) is 13.8 Å². The second kappa shape index (κ2) is 6.27. The lowest BCUT2D eigenvalue weighted by molar-refractivity contribution is -0.145. The number of carbonyl (C=O) groups is 3. The molecule has 7 nitrogen and oxygen atoms in total. The zero-order valence-corrected chi connectivity index (χ0v) is 17.0. The summed E-state index contributed by atoms with van der Waals surface area (Å²) in [6.07, 6.45) is -0.292. The summed E-state index contributed by atoms with van der Waals surface area (Å²) in [6.45, 7) is 7.09. The summed E-state index contributed by atoms with van der Waals surface area (Å²) in [5.74, 6) is -2.79. The van der Waals surface area contributed by atoms with Crippen LogP contribution in [0.1, 0.15) is 38.3 Å². The number of nitrogens with one attached hydrogen (secondary N) is 2. The van der Waals surface area contributed by atoms with Crippen LogP contribution in [0, 0.1) is 18.8 Å². The van der Waals surface area contributed by atoms with Crippen LogP contribution in [0.3, 0.4) is 0 Å². The van der Waals surface area contributed by atoms with Crippen molar-refractivity contribution >= 4 is 35.0 Å². The number of rotatable bonds is 3. The number of hydrogen-bond donors (Lipinski definition) is 3. The van der Waals surface area contributed by atoms with Gasteiger partial charge in [0.2, 0.25) is 17.7 Å². The number of nitrogens with zero attached hydrogens (tertiary/aromatic N) is 1. The zero-order chi connectivity index (χ0) is 20.5. The predicted octanol–water partition coefficient (Wildman–Crippen LogP) is 1.55. The van der Waals surface area contributed by atoms with Crippen LogP contribution in [-0.4, -0.2) is 45.9 Å². The molecule has 3 aliphatic heterocycles. The SMILES string of the molecule is CC[C@H](C)N1C(=O)[C@@H]2[C@H]([C@@H](C)O)N[C@@]3(C(=O)Nc4c3ccc(Cl)c4C)[C@@H]2C1=O. The van der Waals surface area contributed by atoms with Gasteiger partial charge in [0.1, 0.15) is 5.54 Å². The summed E-state index contributed by atoms with van der Waals surface area (Å²) in [7, 11) is 0. The smallest absolute Gasteiger partial charge is 0.250 e. The molecule has 0 saturated carbocycles. The van der Waals surface area contributed by atoms with Crippen molar-refractivity contribution in [1.29, 1.82) is 0 Å². The maximum atomic E-state index is 13.4. The molecule has 150 valence electrons. The minimum absolute atomic E-state index is 0.270. The Morgan fingerprint density at radius 1 is 1.25 bits per heavy atom. The fraction of sp³-hybridized carbons (Fsp3) is 0.550. The van der Waals surface area contributed by atoms with E-state index in [1.54, 1.807) is 26.0 Å². The molecular weight excluding hydrogens is 382 g/mol. The molecule has 1 aromatic carbocycles. The average Bonchev–Trinajstić information content (AvgIpc) is 3.24. The van der Waals surface area contributed by atoms with Crippen LogP contribution in [0.5, 0.6) is 0 Å². The van der Waals surface area contributed by atoms with Gasteiger partial charge in [-0.15, -0.1) is 0 Å². The monoisotopic (exact) mass is 405 g/mol. The highest BCUT2D eigenvalue weighted by Crippen LogP contribution is 2.54. The van der Waals surface area contributed by atoms with Gasteiger partial charge in [-0.25, -0.2) is 0 Å².